The molecule has 0 bridgehead atoms. The summed E-state index contributed by atoms with van der Waals surface area (Å²) in [6, 6.07) is 8.96. The van der Waals surface area contributed by atoms with Gasteiger partial charge in [0, 0.05) is 5.88 Å². The van der Waals surface area contributed by atoms with E-state index in [1.54, 1.807) is 0 Å². The number of carbonyl (C=O) groups excluding carboxylic acids is 1. The first-order valence-electron chi connectivity index (χ1n) is 5.73. The van der Waals surface area contributed by atoms with Crippen LogP contribution < -0.4 is 11.1 Å². The first kappa shape index (κ1) is 14.0. The number of alkyl halides is 1. The van der Waals surface area contributed by atoms with Gasteiger partial charge in [-0.1, -0.05) is 44.2 Å². The Morgan fingerprint density at radius 3 is 2.41 bits per heavy atom. The molecule has 1 amide bonds. The molecule has 0 aromatic heterocycles. The molecule has 1 aromatic rings. The van der Waals surface area contributed by atoms with Gasteiger partial charge in [-0.25, -0.2) is 0 Å². The average Bonchev–Trinajstić information content (AvgIpc) is 2.35. The van der Waals surface area contributed by atoms with E-state index in [0.717, 1.165) is 5.56 Å². The maximum Gasteiger partial charge on any atom is 0.237 e. The smallest absolute Gasteiger partial charge is 0.237 e. The van der Waals surface area contributed by atoms with Gasteiger partial charge in [0.15, 0.2) is 0 Å². The monoisotopic (exact) mass is 254 g/mol. The molecule has 0 heterocycles. The van der Waals surface area contributed by atoms with Crippen LogP contribution in [0.5, 0.6) is 0 Å². The van der Waals surface area contributed by atoms with E-state index in [4.69, 9.17) is 17.3 Å². The zero-order valence-corrected chi connectivity index (χ0v) is 10.9. The molecule has 0 aliphatic carbocycles. The number of nitrogens with two attached hydrogens (primary N) is 1. The van der Waals surface area contributed by atoms with Crippen LogP contribution in [0.4, 0.5) is 0 Å². The molecule has 0 radical (unpaired) electrons. The van der Waals surface area contributed by atoms with Crippen molar-refractivity contribution in [3.63, 3.8) is 0 Å². The zero-order chi connectivity index (χ0) is 12.8. The van der Waals surface area contributed by atoms with Gasteiger partial charge >= 0.3 is 0 Å². The lowest BCUT2D eigenvalue weighted by Gasteiger charge is -2.21. The highest BCUT2D eigenvalue weighted by atomic mass is 35.5. The molecule has 94 valence electrons. The van der Waals surface area contributed by atoms with Crippen LogP contribution >= 0.6 is 11.6 Å². The molecule has 1 aromatic carbocycles. The molecule has 3 N–H and O–H groups in total. The third-order valence-corrected chi connectivity index (χ3v) is 3.00. The van der Waals surface area contributed by atoms with Crippen molar-refractivity contribution in [2.45, 2.75) is 25.9 Å². The molecule has 0 saturated carbocycles. The minimum Gasteiger partial charge on any atom is -0.347 e. The van der Waals surface area contributed by atoms with E-state index in [1.165, 1.54) is 0 Å². The lowest BCUT2D eigenvalue weighted by atomic mass is 10.0. The Morgan fingerprint density at radius 1 is 1.35 bits per heavy atom. The van der Waals surface area contributed by atoms with Crippen molar-refractivity contribution in [1.82, 2.24) is 5.32 Å². The standard InChI is InChI=1S/C13H19ClN2O/c1-9(2)12(15)13(17)16-11(8-14)10-6-4-3-5-7-10/h3-7,9,11-12H,8,15H2,1-2H3,(H,16,17)/t11-,12-/m0/s1. The van der Waals surface area contributed by atoms with Crippen LogP contribution in [0, 0.1) is 5.92 Å². The predicted molar refractivity (Wildman–Crippen MR) is 70.9 cm³/mol. The van der Waals surface area contributed by atoms with Crippen LogP contribution in [0.25, 0.3) is 0 Å². The van der Waals surface area contributed by atoms with E-state index in [2.05, 4.69) is 5.32 Å². The summed E-state index contributed by atoms with van der Waals surface area (Å²) < 4.78 is 0. The highest BCUT2D eigenvalue weighted by Crippen LogP contribution is 2.14. The summed E-state index contributed by atoms with van der Waals surface area (Å²) in [7, 11) is 0. The van der Waals surface area contributed by atoms with Gasteiger partial charge in [-0.15, -0.1) is 11.6 Å². The number of halogens is 1. The van der Waals surface area contributed by atoms with Gasteiger partial charge in [0.1, 0.15) is 0 Å². The second kappa shape index (κ2) is 6.62. The second-order valence-electron chi connectivity index (χ2n) is 4.40. The zero-order valence-electron chi connectivity index (χ0n) is 10.2. The van der Waals surface area contributed by atoms with E-state index in [-0.39, 0.29) is 17.9 Å². The van der Waals surface area contributed by atoms with E-state index < -0.39 is 6.04 Å². The van der Waals surface area contributed by atoms with Crippen molar-refractivity contribution in [2.24, 2.45) is 11.7 Å². The van der Waals surface area contributed by atoms with E-state index >= 15 is 0 Å². The van der Waals surface area contributed by atoms with E-state index in [9.17, 15) is 4.79 Å². The lowest BCUT2D eigenvalue weighted by Crippen LogP contribution is -2.45. The quantitative estimate of drug-likeness (QED) is 0.791. The molecule has 2 atom stereocenters. The average molecular weight is 255 g/mol. The number of amides is 1. The first-order chi connectivity index (χ1) is 8.06. The second-order valence-corrected chi connectivity index (χ2v) is 4.70. The van der Waals surface area contributed by atoms with Gasteiger partial charge < -0.3 is 11.1 Å². The molecule has 1 rings (SSSR count). The number of hydrogen-bond acceptors (Lipinski definition) is 2. The van der Waals surface area contributed by atoms with Crippen LogP contribution in [-0.2, 0) is 4.79 Å². The third kappa shape index (κ3) is 4.02. The van der Waals surface area contributed by atoms with Gasteiger partial charge in [-0.2, -0.15) is 0 Å². The molecule has 0 spiro atoms. The van der Waals surface area contributed by atoms with Crippen LogP contribution in [0.2, 0.25) is 0 Å². The molecule has 3 nitrogen and oxygen atoms in total. The number of benzene rings is 1. The summed E-state index contributed by atoms with van der Waals surface area (Å²) in [6.07, 6.45) is 0. The number of nitrogens with one attached hydrogen (secondary N) is 1. The van der Waals surface area contributed by atoms with Gasteiger partial charge in [0.25, 0.3) is 0 Å². The Morgan fingerprint density at radius 2 is 1.94 bits per heavy atom. The molecule has 0 aliphatic rings. The summed E-state index contributed by atoms with van der Waals surface area (Å²) in [5.74, 6) is 0.289. The largest absolute Gasteiger partial charge is 0.347 e. The van der Waals surface area contributed by atoms with Crippen molar-refractivity contribution in [3.8, 4) is 0 Å². The third-order valence-electron chi connectivity index (χ3n) is 2.69. The number of rotatable bonds is 5. The number of carbonyl (C=O) groups is 1. The van der Waals surface area contributed by atoms with E-state index in [0.29, 0.717) is 5.88 Å². The fourth-order valence-electron chi connectivity index (χ4n) is 1.47. The Bertz CT molecular complexity index is 354. The normalized spacial score (nSPS) is 14.4. The van der Waals surface area contributed by atoms with Crippen LogP contribution in [-0.4, -0.2) is 17.8 Å². The number of hydrogen-bond donors (Lipinski definition) is 2. The van der Waals surface area contributed by atoms with Crippen LogP contribution in [0.3, 0.4) is 0 Å². The van der Waals surface area contributed by atoms with E-state index in [1.807, 2.05) is 44.2 Å². The minimum atomic E-state index is -0.496. The molecular formula is C13H19ClN2O. The molecule has 0 saturated heterocycles. The van der Waals surface area contributed by atoms with Gasteiger partial charge in [-0.05, 0) is 11.5 Å². The fourth-order valence-corrected chi connectivity index (χ4v) is 1.72. The topological polar surface area (TPSA) is 55.1 Å². The van der Waals surface area contributed by atoms with Crippen molar-refractivity contribution in [1.29, 1.82) is 0 Å². The maximum absolute atomic E-state index is 11.8. The Labute approximate surface area is 107 Å². The summed E-state index contributed by atoms with van der Waals surface area (Å²) in [5, 5.41) is 2.87. The van der Waals surface area contributed by atoms with Gasteiger partial charge in [-0.3, -0.25) is 4.79 Å². The summed E-state index contributed by atoms with van der Waals surface area (Å²) in [6.45, 7) is 3.84. The highest BCUT2D eigenvalue weighted by Gasteiger charge is 2.20. The summed E-state index contributed by atoms with van der Waals surface area (Å²) >= 11 is 5.87. The summed E-state index contributed by atoms with van der Waals surface area (Å²) in [4.78, 5) is 11.8. The van der Waals surface area contributed by atoms with Crippen molar-refractivity contribution in [3.05, 3.63) is 35.9 Å². The predicted octanol–water partition coefficient (Wildman–Crippen LogP) is 2.07. The molecule has 0 aliphatic heterocycles. The maximum atomic E-state index is 11.8. The van der Waals surface area contributed by atoms with Crippen LogP contribution in [0.1, 0.15) is 25.5 Å². The molecule has 0 fully saturated rings. The van der Waals surface area contributed by atoms with Crippen LogP contribution in [0.15, 0.2) is 30.3 Å². The Kier molecular flexibility index (Phi) is 5.45. The Hall–Kier alpha value is -1.06. The fraction of sp³-hybridized carbons (Fsp3) is 0.462. The highest BCUT2D eigenvalue weighted by molar-refractivity contribution is 6.18. The Balaban J connectivity index is 2.68. The van der Waals surface area contributed by atoms with Crippen molar-refractivity contribution >= 4 is 17.5 Å². The molecule has 17 heavy (non-hydrogen) atoms. The lowest BCUT2D eigenvalue weighted by molar-refractivity contribution is -0.123. The molecule has 0 unspecified atom stereocenters. The van der Waals surface area contributed by atoms with Gasteiger partial charge in [0.2, 0.25) is 5.91 Å². The van der Waals surface area contributed by atoms with Gasteiger partial charge in [0.05, 0.1) is 12.1 Å². The van der Waals surface area contributed by atoms with Crippen molar-refractivity contribution < 1.29 is 4.79 Å². The summed E-state index contributed by atoms with van der Waals surface area (Å²) in [5.41, 5.74) is 6.78. The molecular weight excluding hydrogens is 236 g/mol. The first-order valence-corrected chi connectivity index (χ1v) is 6.26. The SMILES string of the molecule is CC(C)[C@H](N)C(=O)N[C@@H](CCl)c1ccccc1. The molecule has 4 heteroatoms. The van der Waals surface area contributed by atoms with Crippen molar-refractivity contribution in [2.75, 3.05) is 5.88 Å². The minimum absolute atomic E-state index is 0.113.